The molecular weight excluding hydrogens is 385 g/mol. The Balaban J connectivity index is 0.00000105. The van der Waals surface area contributed by atoms with Crippen LogP contribution in [-0.4, -0.2) is 50.5 Å². The van der Waals surface area contributed by atoms with E-state index in [2.05, 4.69) is 15.3 Å². The zero-order valence-corrected chi connectivity index (χ0v) is 16.2. The molecule has 0 unspecified atom stereocenters. The number of aromatic nitrogens is 3. The van der Waals surface area contributed by atoms with E-state index in [9.17, 15) is 4.79 Å². The van der Waals surface area contributed by atoms with Crippen molar-refractivity contribution in [1.29, 1.82) is 0 Å². The fraction of sp³-hybridized carbons (Fsp3) is 0.316. The number of imidazole rings is 1. The Morgan fingerprint density at radius 1 is 1.11 bits per heavy atom. The Bertz CT molecular complexity index is 946. The molecule has 6 nitrogen and oxygen atoms in total. The number of benzene rings is 1. The number of likely N-dealkylation sites (tertiary alicyclic amines) is 1. The first-order chi connectivity index (χ1) is 12.3. The molecule has 1 N–H and O–H groups in total. The zero-order valence-electron chi connectivity index (χ0n) is 14.6. The van der Waals surface area contributed by atoms with E-state index in [4.69, 9.17) is 0 Å². The van der Waals surface area contributed by atoms with Crippen LogP contribution in [0.1, 0.15) is 23.2 Å². The van der Waals surface area contributed by atoms with Crippen LogP contribution in [-0.2, 0) is 0 Å². The summed E-state index contributed by atoms with van der Waals surface area (Å²) in [5.41, 5.74) is 3.15. The first kappa shape index (κ1) is 19.6. The van der Waals surface area contributed by atoms with E-state index >= 15 is 0 Å². The highest BCUT2D eigenvalue weighted by Crippen LogP contribution is 2.27. The fourth-order valence-corrected chi connectivity index (χ4v) is 4.08. The standard InChI is InChI=1S/C19H19N5O.2ClH/c25-19(23-9-7-15-17(23)6-8-20-15)13-10-16-18(21-11-13)24(12-22-16)14-4-2-1-3-5-14;;/h1-5,10-12,15,17,20H,6-9H2;2*1H/t15-,17-;;/m0../s1. The highest BCUT2D eigenvalue weighted by molar-refractivity contribution is 5.97. The van der Waals surface area contributed by atoms with Gasteiger partial charge in [0.05, 0.1) is 5.56 Å². The molecule has 0 bridgehead atoms. The molecule has 2 fully saturated rings. The number of amides is 1. The molecule has 2 aliphatic heterocycles. The van der Waals surface area contributed by atoms with Crippen molar-refractivity contribution in [1.82, 2.24) is 24.8 Å². The lowest BCUT2D eigenvalue weighted by molar-refractivity contribution is 0.0736. The molecular formula is C19H21Cl2N5O. The number of fused-ring (bicyclic) bond motifs is 2. The summed E-state index contributed by atoms with van der Waals surface area (Å²) in [4.78, 5) is 23.9. The van der Waals surface area contributed by atoms with E-state index in [-0.39, 0.29) is 30.7 Å². The molecule has 142 valence electrons. The van der Waals surface area contributed by atoms with Crippen LogP contribution in [0.15, 0.2) is 48.9 Å². The van der Waals surface area contributed by atoms with Crippen LogP contribution in [0, 0.1) is 0 Å². The molecule has 0 spiro atoms. The summed E-state index contributed by atoms with van der Waals surface area (Å²) in [6.07, 6.45) is 5.51. The van der Waals surface area contributed by atoms with Crippen LogP contribution in [0.3, 0.4) is 0 Å². The molecule has 0 radical (unpaired) electrons. The van der Waals surface area contributed by atoms with Gasteiger partial charge in [0.15, 0.2) is 5.65 Å². The summed E-state index contributed by atoms with van der Waals surface area (Å²) < 4.78 is 1.94. The van der Waals surface area contributed by atoms with E-state index in [0.717, 1.165) is 42.8 Å². The maximum Gasteiger partial charge on any atom is 0.255 e. The van der Waals surface area contributed by atoms with Gasteiger partial charge in [-0.1, -0.05) is 18.2 Å². The Kier molecular flexibility index (Phi) is 5.69. The number of nitrogens with zero attached hydrogens (tertiary/aromatic N) is 4. The van der Waals surface area contributed by atoms with Gasteiger partial charge in [0, 0.05) is 30.5 Å². The summed E-state index contributed by atoms with van der Waals surface area (Å²) in [5.74, 6) is 0.0693. The van der Waals surface area contributed by atoms with Crippen LogP contribution in [0.4, 0.5) is 0 Å². The molecule has 8 heteroatoms. The average Bonchev–Trinajstić information content (AvgIpc) is 3.36. The normalized spacial score (nSPS) is 20.8. The molecule has 3 aromatic rings. The first-order valence-electron chi connectivity index (χ1n) is 8.74. The van der Waals surface area contributed by atoms with Crippen molar-refractivity contribution in [3.8, 4) is 5.69 Å². The van der Waals surface area contributed by atoms with Crippen LogP contribution < -0.4 is 5.32 Å². The van der Waals surface area contributed by atoms with Crippen LogP contribution >= 0.6 is 24.8 Å². The SMILES string of the molecule is Cl.Cl.O=C(c1cnc2c(c1)ncn2-c1ccccc1)N1CC[C@@H]2NCC[C@@H]21. The average molecular weight is 406 g/mol. The molecule has 2 aliphatic rings. The summed E-state index contributed by atoms with van der Waals surface area (Å²) in [6.45, 7) is 1.82. The van der Waals surface area contributed by atoms with Gasteiger partial charge in [0.1, 0.15) is 11.8 Å². The minimum Gasteiger partial charge on any atom is -0.334 e. The number of para-hydroxylation sites is 1. The summed E-state index contributed by atoms with van der Waals surface area (Å²) >= 11 is 0. The molecule has 0 saturated carbocycles. The third kappa shape index (κ3) is 3.29. The predicted octanol–water partition coefficient (Wildman–Crippen LogP) is 2.84. The lowest BCUT2D eigenvalue weighted by Gasteiger charge is -2.23. The maximum atomic E-state index is 12.9. The van der Waals surface area contributed by atoms with Gasteiger partial charge in [-0.3, -0.25) is 9.36 Å². The molecule has 27 heavy (non-hydrogen) atoms. The van der Waals surface area contributed by atoms with Crippen LogP contribution in [0.2, 0.25) is 0 Å². The van der Waals surface area contributed by atoms with Crippen molar-refractivity contribution < 1.29 is 4.79 Å². The van der Waals surface area contributed by atoms with Gasteiger partial charge in [-0.15, -0.1) is 24.8 Å². The van der Waals surface area contributed by atoms with Gasteiger partial charge in [-0.2, -0.15) is 0 Å². The Hall–Kier alpha value is -2.15. The second kappa shape index (κ2) is 7.84. The first-order valence-corrected chi connectivity index (χ1v) is 8.74. The van der Waals surface area contributed by atoms with Gasteiger partial charge in [0.25, 0.3) is 5.91 Å². The van der Waals surface area contributed by atoms with E-state index in [1.807, 2.05) is 45.9 Å². The molecule has 5 rings (SSSR count). The Labute approximate surface area is 169 Å². The number of carbonyl (C=O) groups is 1. The Morgan fingerprint density at radius 2 is 1.93 bits per heavy atom. The molecule has 2 aromatic heterocycles. The van der Waals surface area contributed by atoms with Gasteiger partial charge in [-0.05, 0) is 37.6 Å². The fourth-order valence-electron chi connectivity index (χ4n) is 4.08. The van der Waals surface area contributed by atoms with Crippen molar-refractivity contribution in [2.45, 2.75) is 24.9 Å². The zero-order chi connectivity index (χ0) is 16.8. The quantitative estimate of drug-likeness (QED) is 0.711. The number of hydrogen-bond donors (Lipinski definition) is 1. The van der Waals surface area contributed by atoms with Crippen LogP contribution in [0.5, 0.6) is 0 Å². The molecule has 2 saturated heterocycles. The number of rotatable bonds is 2. The highest BCUT2D eigenvalue weighted by atomic mass is 35.5. The third-order valence-corrected chi connectivity index (χ3v) is 5.32. The van der Waals surface area contributed by atoms with E-state index in [0.29, 0.717) is 17.6 Å². The van der Waals surface area contributed by atoms with Crippen molar-refractivity contribution in [3.05, 3.63) is 54.5 Å². The largest absolute Gasteiger partial charge is 0.334 e. The smallest absolute Gasteiger partial charge is 0.255 e. The maximum absolute atomic E-state index is 12.9. The van der Waals surface area contributed by atoms with Crippen LogP contribution in [0.25, 0.3) is 16.9 Å². The molecule has 4 heterocycles. The minimum absolute atomic E-state index is 0. The second-order valence-electron chi connectivity index (χ2n) is 6.72. The van der Waals surface area contributed by atoms with Gasteiger partial charge < -0.3 is 10.2 Å². The highest BCUT2D eigenvalue weighted by Gasteiger charge is 2.40. The van der Waals surface area contributed by atoms with Gasteiger partial charge >= 0.3 is 0 Å². The summed E-state index contributed by atoms with van der Waals surface area (Å²) in [6, 6.07) is 12.6. The predicted molar refractivity (Wildman–Crippen MR) is 109 cm³/mol. The van der Waals surface area contributed by atoms with Crippen molar-refractivity contribution in [2.75, 3.05) is 13.1 Å². The lowest BCUT2D eigenvalue weighted by atomic mass is 10.1. The number of pyridine rings is 1. The van der Waals surface area contributed by atoms with E-state index < -0.39 is 0 Å². The van der Waals surface area contributed by atoms with E-state index in [1.54, 1.807) is 12.5 Å². The lowest BCUT2D eigenvalue weighted by Crippen LogP contribution is -2.38. The van der Waals surface area contributed by atoms with Crippen molar-refractivity contribution >= 4 is 41.9 Å². The second-order valence-corrected chi connectivity index (χ2v) is 6.72. The number of hydrogen-bond acceptors (Lipinski definition) is 4. The molecule has 1 amide bonds. The summed E-state index contributed by atoms with van der Waals surface area (Å²) in [5, 5.41) is 3.48. The monoisotopic (exact) mass is 405 g/mol. The summed E-state index contributed by atoms with van der Waals surface area (Å²) in [7, 11) is 0. The number of halogens is 2. The topological polar surface area (TPSA) is 63.1 Å². The van der Waals surface area contributed by atoms with Gasteiger partial charge in [0.2, 0.25) is 0 Å². The van der Waals surface area contributed by atoms with Crippen molar-refractivity contribution in [3.63, 3.8) is 0 Å². The Morgan fingerprint density at radius 3 is 2.74 bits per heavy atom. The third-order valence-electron chi connectivity index (χ3n) is 5.32. The molecule has 0 aliphatic carbocycles. The molecule has 1 aromatic carbocycles. The number of nitrogens with one attached hydrogen (secondary N) is 1. The van der Waals surface area contributed by atoms with E-state index in [1.165, 1.54) is 0 Å². The number of carbonyl (C=O) groups excluding carboxylic acids is 1. The minimum atomic E-state index is 0. The molecule has 2 atom stereocenters. The van der Waals surface area contributed by atoms with Crippen molar-refractivity contribution in [2.24, 2.45) is 0 Å². The van der Waals surface area contributed by atoms with Gasteiger partial charge in [-0.25, -0.2) is 9.97 Å².